The number of benzene rings is 1. The maximum atomic E-state index is 12.6. The van der Waals surface area contributed by atoms with Gasteiger partial charge in [-0.2, -0.15) is 0 Å². The van der Waals surface area contributed by atoms with E-state index >= 15 is 0 Å². The van der Waals surface area contributed by atoms with Gasteiger partial charge in [-0.05, 0) is 49.9 Å². The summed E-state index contributed by atoms with van der Waals surface area (Å²) < 4.78 is 0. The van der Waals surface area contributed by atoms with Gasteiger partial charge in [-0.1, -0.05) is 36.6 Å². The number of nitrogens with one attached hydrogen (secondary N) is 2. The van der Waals surface area contributed by atoms with Crippen molar-refractivity contribution in [2.24, 2.45) is 5.92 Å². The van der Waals surface area contributed by atoms with E-state index in [4.69, 9.17) is 11.6 Å². The van der Waals surface area contributed by atoms with E-state index in [1.54, 1.807) is 0 Å². The highest BCUT2D eigenvalue weighted by molar-refractivity contribution is 6.30. The lowest BCUT2D eigenvalue weighted by Gasteiger charge is -2.34. The molecule has 1 atom stereocenters. The number of amides is 1. The molecule has 1 aliphatic carbocycles. The van der Waals surface area contributed by atoms with Crippen LogP contribution in [0.25, 0.3) is 0 Å². The van der Waals surface area contributed by atoms with E-state index in [0.29, 0.717) is 0 Å². The molecule has 2 fully saturated rings. The van der Waals surface area contributed by atoms with Crippen LogP contribution in [-0.2, 0) is 10.3 Å². The topological polar surface area (TPSA) is 41.1 Å². The summed E-state index contributed by atoms with van der Waals surface area (Å²) in [4.78, 5) is 12.6. The van der Waals surface area contributed by atoms with Crippen LogP contribution in [0.15, 0.2) is 24.3 Å². The highest BCUT2D eigenvalue weighted by Gasteiger charge is 2.38. The Bertz CT molecular complexity index is 492. The molecule has 2 aliphatic rings. The molecule has 3 nitrogen and oxygen atoms in total. The number of rotatable bonds is 3. The van der Waals surface area contributed by atoms with Crippen molar-refractivity contribution >= 4 is 29.9 Å². The van der Waals surface area contributed by atoms with Gasteiger partial charge in [0.2, 0.25) is 5.91 Å². The van der Waals surface area contributed by atoms with Gasteiger partial charge in [-0.15, -0.1) is 12.4 Å². The number of halogens is 2. The smallest absolute Gasteiger partial charge is 0.225 e. The molecule has 1 aromatic rings. The standard InChI is InChI=1S/C17H23ClN2O.ClH/c18-15-7-5-14(6-8-15)17(9-1-2-10-17)20-16(21)13-4-3-11-19-12-13;/h5-8,13,19H,1-4,9-12H2,(H,20,21);1H. The Morgan fingerprint density at radius 3 is 2.45 bits per heavy atom. The van der Waals surface area contributed by atoms with Crippen LogP contribution >= 0.6 is 24.0 Å². The van der Waals surface area contributed by atoms with Gasteiger partial charge < -0.3 is 10.6 Å². The molecule has 122 valence electrons. The molecule has 1 heterocycles. The van der Waals surface area contributed by atoms with Crippen LogP contribution in [0.3, 0.4) is 0 Å². The van der Waals surface area contributed by atoms with E-state index in [1.165, 1.54) is 18.4 Å². The minimum atomic E-state index is -0.181. The van der Waals surface area contributed by atoms with E-state index in [-0.39, 0.29) is 29.8 Å². The van der Waals surface area contributed by atoms with Crippen molar-refractivity contribution in [3.63, 3.8) is 0 Å². The summed E-state index contributed by atoms with van der Waals surface area (Å²) in [5.41, 5.74) is 1.01. The molecule has 1 aromatic carbocycles. The fourth-order valence-corrected chi connectivity index (χ4v) is 3.77. The number of hydrogen-bond acceptors (Lipinski definition) is 2. The Labute approximate surface area is 143 Å². The summed E-state index contributed by atoms with van der Waals surface area (Å²) in [5.74, 6) is 0.322. The van der Waals surface area contributed by atoms with Crippen LogP contribution in [0, 0.1) is 5.92 Å². The highest BCUT2D eigenvalue weighted by atomic mass is 35.5. The predicted octanol–water partition coefficient (Wildman–Crippen LogP) is 3.65. The Morgan fingerprint density at radius 1 is 1.18 bits per heavy atom. The van der Waals surface area contributed by atoms with Gasteiger partial charge in [0.15, 0.2) is 0 Å². The zero-order valence-corrected chi connectivity index (χ0v) is 14.3. The third kappa shape index (κ3) is 3.76. The minimum Gasteiger partial charge on any atom is -0.346 e. The molecule has 2 N–H and O–H groups in total. The number of piperidine rings is 1. The average molecular weight is 343 g/mol. The molecule has 0 bridgehead atoms. The second-order valence-corrected chi connectivity index (χ2v) is 6.77. The van der Waals surface area contributed by atoms with E-state index < -0.39 is 0 Å². The molecule has 3 rings (SSSR count). The van der Waals surface area contributed by atoms with Gasteiger partial charge in [0.25, 0.3) is 0 Å². The van der Waals surface area contributed by atoms with Crippen molar-refractivity contribution in [2.75, 3.05) is 13.1 Å². The van der Waals surface area contributed by atoms with Crippen molar-refractivity contribution < 1.29 is 4.79 Å². The summed E-state index contributed by atoms with van der Waals surface area (Å²) in [5, 5.41) is 7.44. The minimum absolute atomic E-state index is 0. The largest absolute Gasteiger partial charge is 0.346 e. The molecule has 1 aliphatic heterocycles. The van der Waals surface area contributed by atoms with Crippen molar-refractivity contribution in [3.05, 3.63) is 34.9 Å². The Hall–Kier alpha value is -0.770. The normalized spacial score (nSPS) is 23.6. The molecule has 5 heteroatoms. The van der Waals surface area contributed by atoms with E-state index in [1.807, 2.05) is 12.1 Å². The zero-order chi connectivity index (χ0) is 14.7. The Morgan fingerprint density at radius 2 is 1.86 bits per heavy atom. The third-order valence-corrected chi connectivity index (χ3v) is 5.14. The molecular weight excluding hydrogens is 319 g/mol. The van der Waals surface area contributed by atoms with Crippen LogP contribution in [0.1, 0.15) is 44.1 Å². The van der Waals surface area contributed by atoms with E-state index in [2.05, 4.69) is 22.8 Å². The molecule has 1 unspecified atom stereocenters. The zero-order valence-electron chi connectivity index (χ0n) is 12.7. The van der Waals surface area contributed by atoms with E-state index in [9.17, 15) is 4.79 Å². The lowest BCUT2D eigenvalue weighted by atomic mass is 9.86. The maximum absolute atomic E-state index is 12.6. The Balaban J connectivity index is 0.00000176. The Kier molecular flexibility index (Phi) is 6.13. The van der Waals surface area contributed by atoms with E-state index in [0.717, 1.165) is 43.8 Å². The van der Waals surface area contributed by atoms with Crippen molar-refractivity contribution in [1.29, 1.82) is 0 Å². The van der Waals surface area contributed by atoms with Crippen molar-refractivity contribution in [3.8, 4) is 0 Å². The lowest BCUT2D eigenvalue weighted by Crippen LogP contribution is -2.49. The molecular formula is C17H24Cl2N2O. The number of carbonyl (C=O) groups is 1. The number of carbonyl (C=O) groups excluding carboxylic acids is 1. The lowest BCUT2D eigenvalue weighted by molar-refractivity contribution is -0.127. The first-order chi connectivity index (χ1) is 10.2. The summed E-state index contributed by atoms with van der Waals surface area (Å²) in [6.07, 6.45) is 6.49. The summed E-state index contributed by atoms with van der Waals surface area (Å²) in [7, 11) is 0. The SMILES string of the molecule is Cl.O=C(NC1(c2ccc(Cl)cc2)CCCC1)C1CCCNC1. The summed E-state index contributed by atoms with van der Waals surface area (Å²) in [6.45, 7) is 1.84. The first kappa shape index (κ1) is 17.6. The first-order valence-corrected chi connectivity index (χ1v) is 8.36. The molecule has 1 amide bonds. The monoisotopic (exact) mass is 342 g/mol. The summed E-state index contributed by atoms with van der Waals surface area (Å²) in [6, 6.07) is 7.97. The van der Waals surface area contributed by atoms with Gasteiger partial charge in [-0.25, -0.2) is 0 Å². The second kappa shape index (κ2) is 7.67. The number of hydrogen-bond donors (Lipinski definition) is 2. The van der Waals surface area contributed by atoms with Crippen LogP contribution in [0.2, 0.25) is 5.02 Å². The van der Waals surface area contributed by atoms with Gasteiger partial charge in [-0.3, -0.25) is 4.79 Å². The molecule has 22 heavy (non-hydrogen) atoms. The van der Waals surface area contributed by atoms with Crippen LogP contribution in [-0.4, -0.2) is 19.0 Å². The molecule has 0 spiro atoms. The van der Waals surface area contributed by atoms with Crippen LogP contribution < -0.4 is 10.6 Å². The van der Waals surface area contributed by atoms with Crippen LogP contribution in [0.4, 0.5) is 0 Å². The quantitative estimate of drug-likeness (QED) is 0.880. The molecule has 1 saturated carbocycles. The third-order valence-electron chi connectivity index (χ3n) is 4.88. The fourth-order valence-electron chi connectivity index (χ4n) is 3.65. The van der Waals surface area contributed by atoms with Gasteiger partial charge >= 0.3 is 0 Å². The fraction of sp³-hybridized carbons (Fsp3) is 0.588. The van der Waals surface area contributed by atoms with Crippen LogP contribution in [0.5, 0.6) is 0 Å². The predicted molar refractivity (Wildman–Crippen MR) is 92.6 cm³/mol. The average Bonchev–Trinajstić information content (AvgIpc) is 2.98. The van der Waals surface area contributed by atoms with Crippen molar-refractivity contribution in [1.82, 2.24) is 10.6 Å². The van der Waals surface area contributed by atoms with Crippen molar-refractivity contribution in [2.45, 2.75) is 44.1 Å². The highest BCUT2D eigenvalue weighted by Crippen LogP contribution is 2.39. The van der Waals surface area contributed by atoms with Gasteiger partial charge in [0.05, 0.1) is 11.5 Å². The molecule has 1 saturated heterocycles. The maximum Gasteiger partial charge on any atom is 0.225 e. The first-order valence-electron chi connectivity index (χ1n) is 7.98. The molecule has 0 radical (unpaired) electrons. The second-order valence-electron chi connectivity index (χ2n) is 6.33. The van der Waals surface area contributed by atoms with Gasteiger partial charge in [0, 0.05) is 11.6 Å². The summed E-state index contributed by atoms with van der Waals surface area (Å²) >= 11 is 6.00. The van der Waals surface area contributed by atoms with Gasteiger partial charge in [0.1, 0.15) is 0 Å². The molecule has 0 aromatic heterocycles.